The molecule has 0 aliphatic carbocycles. The number of hydrogen-bond donors (Lipinski definition) is 0. The number of alkyl halides is 1. The normalized spacial score (nSPS) is 11.4. The maximum Gasteiger partial charge on any atom is 0.312 e. The highest BCUT2D eigenvalue weighted by Gasteiger charge is 2.35. The van der Waals surface area contributed by atoms with Crippen molar-refractivity contribution >= 4 is 17.6 Å². The van der Waals surface area contributed by atoms with Crippen LogP contribution in [0.2, 0.25) is 0 Å². The van der Waals surface area contributed by atoms with Crippen molar-refractivity contribution in [2.45, 2.75) is 46.5 Å². The third kappa shape index (κ3) is 3.49. The second kappa shape index (κ2) is 7.10. The molecule has 0 aliphatic rings. The van der Waals surface area contributed by atoms with Crippen LogP contribution in [0, 0.1) is 5.41 Å². The van der Waals surface area contributed by atoms with Crippen LogP contribution in [0.4, 0.5) is 0 Å². The third-order valence-corrected chi connectivity index (χ3v) is 3.12. The predicted octanol–water partition coefficient (Wildman–Crippen LogP) is 3.37. The van der Waals surface area contributed by atoms with Crippen molar-refractivity contribution in [1.82, 2.24) is 0 Å². The molecule has 0 aliphatic heterocycles. The van der Waals surface area contributed by atoms with Gasteiger partial charge in [0.25, 0.3) is 0 Å². The fourth-order valence-electron chi connectivity index (χ4n) is 1.68. The van der Waals surface area contributed by atoms with E-state index in [1.54, 1.807) is 0 Å². The zero-order chi connectivity index (χ0) is 11.0. The predicted molar refractivity (Wildman–Crippen MR) is 59.6 cm³/mol. The molecule has 0 aromatic heterocycles. The Bertz CT molecular complexity index is 165. The van der Waals surface area contributed by atoms with Gasteiger partial charge in [-0.1, -0.05) is 13.8 Å². The molecule has 14 heavy (non-hydrogen) atoms. The maximum atomic E-state index is 11.8. The molecule has 0 rings (SSSR count). The Kier molecular flexibility index (Phi) is 6.98. The van der Waals surface area contributed by atoms with Gasteiger partial charge in [-0.25, -0.2) is 0 Å². The second-order valence-corrected chi connectivity index (χ2v) is 3.88. The summed E-state index contributed by atoms with van der Waals surface area (Å²) in [5.41, 5.74) is -0.301. The molecular formula is C11H21ClO2. The monoisotopic (exact) mass is 220 g/mol. The molecule has 0 spiro atoms. The molecule has 0 fully saturated rings. The van der Waals surface area contributed by atoms with Crippen LogP contribution in [-0.4, -0.2) is 18.5 Å². The van der Waals surface area contributed by atoms with Gasteiger partial charge in [0.2, 0.25) is 0 Å². The van der Waals surface area contributed by atoms with E-state index in [2.05, 4.69) is 0 Å². The van der Waals surface area contributed by atoms with Gasteiger partial charge in [-0.05, 0) is 32.6 Å². The lowest BCUT2D eigenvalue weighted by molar-refractivity contribution is -0.156. The van der Waals surface area contributed by atoms with Gasteiger partial charge in [0.1, 0.15) is 0 Å². The van der Waals surface area contributed by atoms with Gasteiger partial charge in [0.05, 0.1) is 12.0 Å². The van der Waals surface area contributed by atoms with Gasteiger partial charge in [0.15, 0.2) is 0 Å². The number of esters is 1. The molecule has 0 radical (unpaired) electrons. The summed E-state index contributed by atoms with van der Waals surface area (Å²) in [4.78, 5) is 11.8. The van der Waals surface area contributed by atoms with E-state index < -0.39 is 0 Å². The molecule has 84 valence electrons. The molecule has 3 heteroatoms. The van der Waals surface area contributed by atoms with Crippen molar-refractivity contribution in [3.05, 3.63) is 0 Å². The van der Waals surface area contributed by atoms with E-state index in [1.807, 2.05) is 20.8 Å². The summed E-state index contributed by atoms with van der Waals surface area (Å²) in [6.07, 6.45) is 3.38. The maximum absolute atomic E-state index is 11.8. The standard InChI is InChI=1S/C11H21ClO2/c1-4-11(5-2,8-7-9-12)10(13)14-6-3/h4-9H2,1-3H3. The minimum atomic E-state index is -0.301. The zero-order valence-corrected chi connectivity index (χ0v) is 10.2. The van der Waals surface area contributed by atoms with Crippen molar-refractivity contribution in [3.63, 3.8) is 0 Å². The SMILES string of the molecule is CCOC(=O)C(CC)(CC)CCCCl. The van der Waals surface area contributed by atoms with E-state index in [0.717, 1.165) is 25.7 Å². The lowest BCUT2D eigenvalue weighted by Crippen LogP contribution is -2.32. The van der Waals surface area contributed by atoms with Crippen LogP contribution in [0.15, 0.2) is 0 Å². The average Bonchev–Trinajstić information content (AvgIpc) is 2.21. The Morgan fingerprint density at radius 1 is 1.29 bits per heavy atom. The van der Waals surface area contributed by atoms with Crippen LogP contribution in [0.25, 0.3) is 0 Å². The van der Waals surface area contributed by atoms with E-state index in [1.165, 1.54) is 0 Å². The molecule has 0 saturated heterocycles. The molecule has 0 saturated carbocycles. The van der Waals surface area contributed by atoms with E-state index in [-0.39, 0.29) is 11.4 Å². The molecule has 0 heterocycles. The molecular weight excluding hydrogens is 200 g/mol. The average molecular weight is 221 g/mol. The smallest absolute Gasteiger partial charge is 0.312 e. The molecule has 0 amide bonds. The Morgan fingerprint density at radius 3 is 2.21 bits per heavy atom. The molecule has 2 nitrogen and oxygen atoms in total. The van der Waals surface area contributed by atoms with Crippen LogP contribution in [-0.2, 0) is 9.53 Å². The largest absolute Gasteiger partial charge is 0.466 e. The van der Waals surface area contributed by atoms with E-state index >= 15 is 0 Å². The molecule has 0 aromatic carbocycles. The van der Waals surface area contributed by atoms with E-state index in [0.29, 0.717) is 12.5 Å². The summed E-state index contributed by atoms with van der Waals surface area (Å²) in [5.74, 6) is 0.552. The first-order chi connectivity index (χ1) is 6.66. The minimum Gasteiger partial charge on any atom is -0.466 e. The van der Waals surface area contributed by atoms with Crippen molar-refractivity contribution in [2.24, 2.45) is 5.41 Å². The summed E-state index contributed by atoms with van der Waals surface area (Å²) < 4.78 is 5.10. The van der Waals surface area contributed by atoms with Crippen molar-refractivity contribution in [3.8, 4) is 0 Å². The van der Waals surface area contributed by atoms with Crippen LogP contribution in [0.1, 0.15) is 46.5 Å². The first-order valence-electron chi connectivity index (χ1n) is 5.40. The third-order valence-electron chi connectivity index (χ3n) is 2.85. The minimum absolute atomic E-state index is 0.0601. The van der Waals surface area contributed by atoms with Crippen LogP contribution in [0.3, 0.4) is 0 Å². The lowest BCUT2D eigenvalue weighted by atomic mass is 9.78. The molecule has 0 N–H and O–H groups in total. The van der Waals surface area contributed by atoms with E-state index in [4.69, 9.17) is 16.3 Å². The van der Waals surface area contributed by atoms with Crippen LogP contribution >= 0.6 is 11.6 Å². The quantitative estimate of drug-likeness (QED) is 0.486. The Labute approximate surface area is 92.0 Å². The van der Waals surface area contributed by atoms with Crippen LogP contribution < -0.4 is 0 Å². The summed E-state index contributed by atoms with van der Waals surface area (Å²) in [6, 6.07) is 0. The van der Waals surface area contributed by atoms with Gasteiger partial charge >= 0.3 is 5.97 Å². The number of rotatable bonds is 7. The van der Waals surface area contributed by atoms with Gasteiger partial charge in [-0.3, -0.25) is 4.79 Å². The topological polar surface area (TPSA) is 26.3 Å². The Hall–Kier alpha value is -0.240. The first kappa shape index (κ1) is 13.8. The second-order valence-electron chi connectivity index (χ2n) is 3.50. The highest BCUT2D eigenvalue weighted by Crippen LogP contribution is 2.33. The first-order valence-corrected chi connectivity index (χ1v) is 5.93. The summed E-state index contributed by atoms with van der Waals surface area (Å²) in [5, 5.41) is 0. The number of carbonyl (C=O) groups is 1. The van der Waals surface area contributed by atoms with Gasteiger partial charge in [-0.15, -0.1) is 11.6 Å². The Balaban J connectivity index is 4.42. The molecule has 0 unspecified atom stereocenters. The number of ether oxygens (including phenoxy) is 1. The highest BCUT2D eigenvalue weighted by molar-refractivity contribution is 6.17. The van der Waals surface area contributed by atoms with Crippen molar-refractivity contribution in [1.29, 1.82) is 0 Å². The summed E-state index contributed by atoms with van der Waals surface area (Å²) in [7, 11) is 0. The summed E-state index contributed by atoms with van der Waals surface area (Å²) >= 11 is 5.65. The van der Waals surface area contributed by atoms with Crippen molar-refractivity contribution < 1.29 is 9.53 Å². The number of halogens is 1. The van der Waals surface area contributed by atoms with Crippen LogP contribution in [0.5, 0.6) is 0 Å². The zero-order valence-electron chi connectivity index (χ0n) is 9.44. The Morgan fingerprint density at radius 2 is 1.86 bits per heavy atom. The molecule has 0 atom stereocenters. The fourth-order valence-corrected chi connectivity index (χ4v) is 1.82. The molecule has 0 bridgehead atoms. The number of carbonyl (C=O) groups excluding carboxylic acids is 1. The fraction of sp³-hybridized carbons (Fsp3) is 0.909. The van der Waals surface area contributed by atoms with Gasteiger partial charge in [-0.2, -0.15) is 0 Å². The van der Waals surface area contributed by atoms with Crippen molar-refractivity contribution in [2.75, 3.05) is 12.5 Å². The molecule has 0 aromatic rings. The van der Waals surface area contributed by atoms with Gasteiger partial charge < -0.3 is 4.74 Å². The number of hydrogen-bond acceptors (Lipinski definition) is 2. The van der Waals surface area contributed by atoms with E-state index in [9.17, 15) is 4.79 Å². The van der Waals surface area contributed by atoms with Gasteiger partial charge in [0, 0.05) is 5.88 Å². The highest BCUT2D eigenvalue weighted by atomic mass is 35.5. The lowest BCUT2D eigenvalue weighted by Gasteiger charge is -2.28. The summed E-state index contributed by atoms with van der Waals surface area (Å²) in [6.45, 7) is 6.38.